The van der Waals surface area contributed by atoms with Crippen molar-refractivity contribution in [1.82, 2.24) is 24.6 Å². The molecule has 0 bridgehead atoms. The quantitative estimate of drug-likeness (QED) is 0.703. The Morgan fingerprint density at radius 2 is 2.14 bits per heavy atom. The van der Waals surface area contributed by atoms with Gasteiger partial charge >= 0.3 is 0 Å². The van der Waals surface area contributed by atoms with Crippen molar-refractivity contribution in [3.8, 4) is 0 Å². The summed E-state index contributed by atoms with van der Waals surface area (Å²) in [5.41, 5.74) is 2.73. The van der Waals surface area contributed by atoms with E-state index < -0.39 is 0 Å². The minimum absolute atomic E-state index is 0.176. The van der Waals surface area contributed by atoms with Crippen LogP contribution in [0.3, 0.4) is 0 Å². The minimum Gasteiger partial charge on any atom is -0.354 e. The Hall–Kier alpha value is -2.38. The van der Waals surface area contributed by atoms with Crippen LogP contribution >= 0.6 is 11.6 Å². The Balaban J connectivity index is 1.44. The highest BCUT2D eigenvalue weighted by molar-refractivity contribution is 6.31. The number of hydrogen-bond donors (Lipinski definition) is 2. The zero-order valence-electron chi connectivity index (χ0n) is 16.4. The number of nitrogens with zero attached hydrogens (tertiary/aromatic N) is 4. The number of aromatic amines is 1. The van der Waals surface area contributed by atoms with E-state index in [9.17, 15) is 4.79 Å². The van der Waals surface area contributed by atoms with Gasteiger partial charge in [0.05, 0.1) is 11.7 Å². The predicted molar refractivity (Wildman–Crippen MR) is 112 cm³/mol. The maximum absolute atomic E-state index is 12.4. The van der Waals surface area contributed by atoms with Gasteiger partial charge in [0.2, 0.25) is 5.95 Å². The Morgan fingerprint density at radius 1 is 1.32 bits per heavy atom. The summed E-state index contributed by atoms with van der Waals surface area (Å²) in [5, 5.41) is 8.96. The van der Waals surface area contributed by atoms with Crippen LogP contribution in [0.5, 0.6) is 0 Å². The summed E-state index contributed by atoms with van der Waals surface area (Å²) >= 11 is 6.29. The average Bonchev–Trinajstić information content (AvgIpc) is 3.07. The highest BCUT2D eigenvalue weighted by Gasteiger charge is 2.20. The van der Waals surface area contributed by atoms with Crippen LogP contribution in [0.25, 0.3) is 11.0 Å². The molecule has 148 valence electrons. The maximum Gasteiger partial charge on any atom is 0.263 e. The first-order valence-corrected chi connectivity index (χ1v) is 9.92. The average molecular weight is 401 g/mol. The Morgan fingerprint density at radius 3 is 2.93 bits per heavy atom. The van der Waals surface area contributed by atoms with E-state index in [4.69, 9.17) is 11.6 Å². The Labute approximate surface area is 168 Å². The molecule has 0 spiro atoms. The molecule has 4 rings (SSSR count). The van der Waals surface area contributed by atoms with Crippen LogP contribution in [0.4, 0.5) is 5.95 Å². The van der Waals surface area contributed by atoms with Crippen LogP contribution in [-0.4, -0.2) is 44.3 Å². The van der Waals surface area contributed by atoms with Crippen LogP contribution in [0.1, 0.15) is 31.9 Å². The molecular weight excluding hydrogens is 376 g/mol. The summed E-state index contributed by atoms with van der Waals surface area (Å²) in [4.78, 5) is 22.1. The number of rotatable bonds is 4. The van der Waals surface area contributed by atoms with E-state index in [0.717, 1.165) is 31.1 Å². The molecule has 0 radical (unpaired) electrons. The van der Waals surface area contributed by atoms with Gasteiger partial charge in [-0.25, -0.2) is 4.68 Å². The van der Waals surface area contributed by atoms with E-state index >= 15 is 0 Å². The predicted octanol–water partition coefficient (Wildman–Crippen LogP) is 3.00. The molecule has 0 fully saturated rings. The standard InChI is InChI=1S/C20H25ClN6O/c1-20(2,3)27-17-15(11-23-27)18(28)25-19(24-17)22-8-10-26-9-7-14-13(12-26)5-4-6-16(14)21/h4-6,11H,7-10,12H2,1-3H3,(H2,22,24,25,28). The molecule has 0 saturated carbocycles. The molecule has 7 nitrogen and oxygen atoms in total. The number of hydrogen-bond acceptors (Lipinski definition) is 5. The van der Waals surface area contributed by atoms with Crippen molar-refractivity contribution in [2.75, 3.05) is 25.0 Å². The molecule has 1 aromatic carbocycles. The zero-order chi connectivity index (χ0) is 19.9. The second kappa shape index (κ2) is 7.22. The van der Waals surface area contributed by atoms with Gasteiger partial charge in [0, 0.05) is 31.2 Å². The van der Waals surface area contributed by atoms with Gasteiger partial charge in [-0.15, -0.1) is 0 Å². The minimum atomic E-state index is -0.248. The topological polar surface area (TPSA) is 78.8 Å². The van der Waals surface area contributed by atoms with Crippen LogP contribution in [0, 0.1) is 0 Å². The summed E-state index contributed by atoms with van der Waals surface area (Å²) in [5.74, 6) is 0.476. The molecule has 1 aliphatic rings. The van der Waals surface area contributed by atoms with Crippen LogP contribution in [0.15, 0.2) is 29.2 Å². The van der Waals surface area contributed by atoms with Crippen LogP contribution in [-0.2, 0) is 18.5 Å². The van der Waals surface area contributed by atoms with Gasteiger partial charge in [-0.1, -0.05) is 23.7 Å². The van der Waals surface area contributed by atoms with Crippen molar-refractivity contribution in [2.45, 2.75) is 39.3 Å². The number of H-pyrrole nitrogens is 1. The Bertz CT molecular complexity index is 1060. The van der Waals surface area contributed by atoms with E-state index in [0.29, 0.717) is 23.5 Å². The monoisotopic (exact) mass is 400 g/mol. The SMILES string of the molecule is CC(C)(C)n1ncc2c(=O)[nH]c(NCCN3CCc4c(Cl)cccc4C3)nc21. The van der Waals surface area contributed by atoms with Gasteiger partial charge in [-0.2, -0.15) is 10.1 Å². The molecular formula is C20H25ClN6O. The fourth-order valence-corrected chi connectivity index (χ4v) is 3.93. The normalized spacial score (nSPS) is 15.0. The second-order valence-electron chi connectivity index (χ2n) is 8.21. The smallest absolute Gasteiger partial charge is 0.263 e. The number of halogens is 1. The lowest BCUT2D eigenvalue weighted by molar-refractivity contribution is 0.264. The summed E-state index contributed by atoms with van der Waals surface area (Å²) in [6.07, 6.45) is 2.54. The lowest BCUT2D eigenvalue weighted by Gasteiger charge is -2.29. The van der Waals surface area contributed by atoms with Gasteiger partial charge in [0.15, 0.2) is 5.65 Å². The third kappa shape index (κ3) is 3.64. The van der Waals surface area contributed by atoms with Crippen LogP contribution < -0.4 is 10.9 Å². The summed E-state index contributed by atoms with van der Waals surface area (Å²) < 4.78 is 1.79. The van der Waals surface area contributed by atoms with Gasteiger partial charge < -0.3 is 5.32 Å². The number of aromatic nitrogens is 4. The molecule has 0 amide bonds. The first kappa shape index (κ1) is 19.0. The van der Waals surface area contributed by atoms with Crippen LogP contribution in [0.2, 0.25) is 5.02 Å². The molecule has 3 aromatic rings. The molecule has 0 aliphatic carbocycles. The van der Waals surface area contributed by atoms with Gasteiger partial charge in [0.25, 0.3) is 5.56 Å². The number of fused-ring (bicyclic) bond motifs is 2. The number of nitrogens with one attached hydrogen (secondary N) is 2. The van der Waals surface area contributed by atoms with Crippen molar-refractivity contribution in [3.63, 3.8) is 0 Å². The van der Waals surface area contributed by atoms with Gasteiger partial charge in [-0.05, 0) is 44.4 Å². The van der Waals surface area contributed by atoms with E-state index in [1.165, 1.54) is 11.1 Å². The maximum atomic E-state index is 12.4. The molecule has 0 saturated heterocycles. The lowest BCUT2D eigenvalue weighted by atomic mass is 10.00. The summed E-state index contributed by atoms with van der Waals surface area (Å²) in [6, 6.07) is 6.10. The Kier molecular flexibility index (Phi) is 4.89. The van der Waals surface area contributed by atoms with Crippen molar-refractivity contribution in [3.05, 3.63) is 50.9 Å². The molecule has 2 N–H and O–H groups in total. The molecule has 2 aromatic heterocycles. The lowest BCUT2D eigenvalue weighted by Crippen LogP contribution is -2.34. The van der Waals surface area contributed by atoms with E-state index in [-0.39, 0.29) is 11.1 Å². The number of benzene rings is 1. The fourth-order valence-electron chi connectivity index (χ4n) is 3.64. The molecule has 1 aliphatic heterocycles. The third-order valence-electron chi connectivity index (χ3n) is 5.08. The largest absolute Gasteiger partial charge is 0.354 e. The van der Waals surface area contributed by atoms with Crippen molar-refractivity contribution >= 4 is 28.6 Å². The van der Waals surface area contributed by atoms with Gasteiger partial charge in [-0.3, -0.25) is 14.7 Å². The third-order valence-corrected chi connectivity index (χ3v) is 5.44. The first-order valence-electron chi connectivity index (χ1n) is 9.54. The van der Waals surface area contributed by atoms with Crippen molar-refractivity contribution in [1.29, 1.82) is 0 Å². The first-order chi connectivity index (χ1) is 13.3. The van der Waals surface area contributed by atoms with Crippen molar-refractivity contribution in [2.24, 2.45) is 0 Å². The second-order valence-corrected chi connectivity index (χ2v) is 8.62. The van der Waals surface area contributed by atoms with Gasteiger partial charge in [0.1, 0.15) is 5.39 Å². The van der Waals surface area contributed by atoms with E-state index in [1.54, 1.807) is 10.9 Å². The molecule has 8 heteroatoms. The summed E-state index contributed by atoms with van der Waals surface area (Å²) in [7, 11) is 0. The highest BCUT2D eigenvalue weighted by Crippen LogP contribution is 2.25. The molecule has 0 unspecified atom stereocenters. The molecule has 0 atom stereocenters. The zero-order valence-corrected chi connectivity index (χ0v) is 17.2. The van der Waals surface area contributed by atoms with E-state index in [2.05, 4.69) is 31.3 Å². The highest BCUT2D eigenvalue weighted by atomic mass is 35.5. The number of anilines is 1. The molecule has 28 heavy (non-hydrogen) atoms. The summed E-state index contributed by atoms with van der Waals surface area (Å²) in [6.45, 7) is 9.51. The molecule has 3 heterocycles. The van der Waals surface area contributed by atoms with E-state index in [1.807, 2.05) is 32.9 Å². The fraction of sp³-hybridized carbons (Fsp3) is 0.450. The van der Waals surface area contributed by atoms with Crippen molar-refractivity contribution < 1.29 is 0 Å².